The van der Waals surface area contributed by atoms with Crippen LogP contribution in [0.1, 0.15) is 5.89 Å². The molecule has 1 aromatic heterocycles. The summed E-state index contributed by atoms with van der Waals surface area (Å²) in [5, 5.41) is 3.76. The van der Waals surface area contributed by atoms with E-state index in [9.17, 15) is 4.57 Å². The van der Waals surface area contributed by atoms with E-state index in [2.05, 4.69) is 27.7 Å². The Morgan fingerprint density at radius 3 is 2.70 bits per heavy atom. The summed E-state index contributed by atoms with van der Waals surface area (Å²) < 4.78 is 33.6. The van der Waals surface area contributed by atoms with Gasteiger partial charge in [0.05, 0.1) is 13.2 Å². The van der Waals surface area contributed by atoms with Crippen LogP contribution in [0.15, 0.2) is 9.52 Å². The first-order valence-corrected chi connectivity index (χ1v) is 8.59. The second kappa shape index (κ2) is 7.84. The van der Waals surface area contributed by atoms with Gasteiger partial charge in [-0.25, -0.2) is 0 Å². The summed E-state index contributed by atoms with van der Waals surface area (Å²) in [4.78, 5) is 6.02. The van der Waals surface area contributed by atoms with E-state index in [1.165, 1.54) is 20.4 Å². The van der Waals surface area contributed by atoms with E-state index in [-0.39, 0.29) is 16.4 Å². The normalized spacial score (nSPS) is 16.0. The molecule has 3 N–H and O–H groups in total. The predicted molar refractivity (Wildman–Crippen MR) is 88.3 cm³/mol. The first-order chi connectivity index (χ1) is 11.0. The Kier molecular flexibility index (Phi) is 6.08. The Bertz CT molecular complexity index is 622. The van der Waals surface area contributed by atoms with Gasteiger partial charge in [-0.2, -0.15) is 10.1 Å². The summed E-state index contributed by atoms with van der Waals surface area (Å²) in [7, 11) is -1.02. The highest BCUT2D eigenvalue weighted by molar-refractivity contribution is 7.80. The van der Waals surface area contributed by atoms with Gasteiger partial charge < -0.3 is 28.8 Å². The van der Waals surface area contributed by atoms with E-state index in [1.807, 2.05) is 4.90 Å². The van der Waals surface area contributed by atoms with E-state index in [0.717, 1.165) is 0 Å². The maximum absolute atomic E-state index is 12.7. The summed E-state index contributed by atoms with van der Waals surface area (Å²) in [6, 6.07) is 0. The van der Waals surface area contributed by atoms with Crippen LogP contribution in [0, 0.1) is 0 Å². The van der Waals surface area contributed by atoms with Gasteiger partial charge in [-0.15, -0.1) is 0 Å². The minimum atomic E-state index is -3.59. The first-order valence-electron chi connectivity index (χ1n) is 6.64. The van der Waals surface area contributed by atoms with Crippen molar-refractivity contribution in [2.75, 3.05) is 45.4 Å². The summed E-state index contributed by atoms with van der Waals surface area (Å²) in [6.07, 6.45) is 1.27. The topological polar surface area (TPSA) is 124 Å². The van der Waals surface area contributed by atoms with Gasteiger partial charge in [0.1, 0.15) is 6.21 Å². The number of morpholine rings is 1. The maximum atomic E-state index is 12.7. The molecule has 1 fully saturated rings. The van der Waals surface area contributed by atoms with Crippen molar-refractivity contribution in [2.45, 2.75) is 0 Å². The van der Waals surface area contributed by atoms with Crippen molar-refractivity contribution in [3.8, 4) is 0 Å². The molecular formula is C11H18N5O5PS. The number of hydrogen-bond acceptors (Lipinski definition) is 9. The van der Waals surface area contributed by atoms with Crippen LogP contribution >= 0.6 is 19.8 Å². The predicted octanol–water partition coefficient (Wildman–Crippen LogP) is -0.210. The van der Waals surface area contributed by atoms with Crippen LogP contribution in [0.4, 0.5) is 5.88 Å². The van der Waals surface area contributed by atoms with Crippen molar-refractivity contribution < 1.29 is 22.8 Å². The van der Waals surface area contributed by atoms with E-state index in [4.69, 9.17) is 23.9 Å². The van der Waals surface area contributed by atoms with Crippen molar-refractivity contribution in [1.29, 1.82) is 0 Å². The minimum absolute atomic E-state index is 0.000821. The van der Waals surface area contributed by atoms with Crippen molar-refractivity contribution in [3.05, 3.63) is 5.89 Å². The molecule has 1 saturated heterocycles. The molecule has 0 radical (unpaired) electrons. The Hall–Kier alpha value is -1.52. The van der Waals surface area contributed by atoms with Crippen molar-refractivity contribution in [2.24, 2.45) is 10.8 Å². The molecule has 0 aromatic carbocycles. The van der Waals surface area contributed by atoms with Gasteiger partial charge >= 0.3 is 7.60 Å². The molecule has 2 rings (SSSR count). The molecule has 1 aromatic rings. The van der Waals surface area contributed by atoms with Crippen molar-refractivity contribution in [1.82, 2.24) is 10.4 Å². The molecule has 128 valence electrons. The van der Waals surface area contributed by atoms with Crippen LogP contribution in [0.2, 0.25) is 0 Å². The highest BCUT2D eigenvalue weighted by Gasteiger charge is 2.36. The average molecular weight is 363 g/mol. The zero-order valence-electron chi connectivity index (χ0n) is 12.7. The highest BCUT2D eigenvalue weighted by atomic mass is 32.1. The van der Waals surface area contributed by atoms with Crippen LogP contribution in [-0.4, -0.2) is 56.8 Å². The summed E-state index contributed by atoms with van der Waals surface area (Å²) in [5.74, 6) is 0.414. The largest absolute Gasteiger partial charge is 0.418 e. The lowest BCUT2D eigenvalue weighted by Crippen LogP contribution is -2.38. The Morgan fingerprint density at radius 1 is 1.48 bits per heavy atom. The third kappa shape index (κ3) is 4.27. The summed E-state index contributed by atoms with van der Waals surface area (Å²) >= 11 is 4.64. The van der Waals surface area contributed by atoms with Crippen LogP contribution in [0.25, 0.3) is 0 Å². The molecule has 12 heteroatoms. The Morgan fingerprint density at radius 2 is 2.13 bits per heavy atom. The molecular weight excluding hydrogens is 345 g/mol. The highest BCUT2D eigenvalue weighted by Crippen LogP contribution is 2.47. The zero-order chi connectivity index (χ0) is 16.9. The van der Waals surface area contributed by atoms with Gasteiger partial charge in [0.2, 0.25) is 17.2 Å². The van der Waals surface area contributed by atoms with E-state index in [0.29, 0.717) is 32.2 Å². The monoisotopic (exact) mass is 363 g/mol. The lowest BCUT2D eigenvalue weighted by atomic mass is 10.4. The number of nitrogens with one attached hydrogen (secondary N) is 1. The number of rotatable bonds is 6. The zero-order valence-corrected chi connectivity index (χ0v) is 14.4. The van der Waals surface area contributed by atoms with Crippen LogP contribution < -0.4 is 21.5 Å². The fourth-order valence-corrected chi connectivity index (χ4v) is 3.11. The molecule has 0 unspecified atom stereocenters. The summed E-state index contributed by atoms with van der Waals surface area (Å²) in [6.45, 7) is 2.18. The van der Waals surface area contributed by atoms with E-state index < -0.39 is 7.60 Å². The smallest absolute Gasteiger partial charge is 0.384 e. The Labute approximate surface area is 138 Å². The molecule has 0 spiro atoms. The standard InChI is InChI=1S/C11H18N5O5PS/c1-18-22(17,19-2)9-10(16-3-5-20-6-4-16)21-8(14-9)7-13-15-11(12)23/h7H,3-6H2,1-2H3,(H3,12,15,23)/b13-7+. The van der Waals surface area contributed by atoms with Gasteiger partial charge in [0, 0.05) is 27.3 Å². The maximum Gasteiger partial charge on any atom is 0.384 e. The fraction of sp³-hybridized carbons (Fsp3) is 0.545. The number of hydrogen-bond donors (Lipinski definition) is 2. The third-order valence-corrected chi connectivity index (χ3v) is 4.86. The number of anilines is 1. The molecule has 0 atom stereocenters. The third-order valence-electron chi connectivity index (χ3n) is 3.00. The molecule has 0 saturated carbocycles. The summed E-state index contributed by atoms with van der Waals surface area (Å²) in [5.41, 5.74) is 7.74. The lowest BCUT2D eigenvalue weighted by molar-refractivity contribution is 0.121. The minimum Gasteiger partial charge on any atom is -0.418 e. The van der Waals surface area contributed by atoms with Gasteiger partial charge in [-0.1, -0.05) is 0 Å². The quantitative estimate of drug-likeness (QED) is 0.303. The number of nitrogens with two attached hydrogens (primary N) is 1. The lowest BCUT2D eigenvalue weighted by Gasteiger charge is -2.27. The second-order valence-corrected chi connectivity index (χ2v) is 6.97. The van der Waals surface area contributed by atoms with Gasteiger partial charge in [-0.05, 0) is 12.2 Å². The molecule has 1 aliphatic rings. The average Bonchev–Trinajstić information content (AvgIpc) is 2.99. The fourth-order valence-electron chi connectivity index (χ4n) is 1.92. The second-order valence-electron chi connectivity index (χ2n) is 4.38. The van der Waals surface area contributed by atoms with Gasteiger partial charge in [0.15, 0.2) is 5.11 Å². The molecule has 10 nitrogen and oxygen atoms in total. The Balaban J connectivity index is 2.36. The van der Waals surface area contributed by atoms with Crippen LogP contribution in [0.3, 0.4) is 0 Å². The van der Waals surface area contributed by atoms with E-state index in [1.54, 1.807) is 0 Å². The van der Waals surface area contributed by atoms with Crippen LogP contribution in [-0.2, 0) is 18.3 Å². The number of ether oxygens (including phenoxy) is 1. The molecule has 1 aliphatic heterocycles. The van der Waals surface area contributed by atoms with Gasteiger partial charge in [-0.3, -0.25) is 9.99 Å². The number of hydrazone groups is 1. The SMILES string of the molecule is COP(=O)(OC)c1nc(/C=N/NC(N)=S)oc1N1CCOCC1. The van der Waals surface area contributed by atoms with Crippen LogP contribution in [0.5, 0.6) is 0 Å². The number of nitrogens with zero attached hydrogens (tertiary/aromatic N) is 3. The first kappa shape index (κ1) is 17.8. The van der Waals surface area contributed by atoms with Crippen molar-refractivity contribution in [3.63, 3.8) is 0 Å². The molecule has 0 bridgehead atoms. The molecule has 23 heavy (non-hydrogen) atoms. The van der Waals surface area contributed by atoms with E-state index >= 15 is 0 Å². The van der Waals surface area contributed by atoms with Gasteiger partial charge in [0.25, 0.3) is 0 Å². The molecule has 0 amide bonds. The number of aromatic nitrogens is 1. The number of thiocarbonyl (C=S) groups is 1. The molecule has 2 heterocycles. The molecule has 0 aliphatic carbocycles. The number of oxazole rings is 1. The van der Waals surface area contributed by atoms with Crippen molar-refractivity contribution >= 4 is 42.5 Å².